The van der Waals surface area contributed by atoms with Crippen molar-refractivity contribution in [2.75, 3.05) is 13.2 Å². The van der Waals surface area contributed by atoms with Gasteiger partial charge in [-0.25, -0.2) is 4.79 Å². The van der Waals surface area contributed by atoms with Gasteiger partial charge < -0.3 is 19.2 Å². The molecule has 176 valence electrons. The van der Waals surface area contributed by atoms with Gasteiger partial charge in [0.15, 0.2) is 5.42 Å². The van der Waals surface area contributed by atoms with Crippen LogP contribution >= 0.6 is 0 Å². The Balaban J connectivity index is 2.07. The van der Waals surface area contributed by atoms with Crippen molar-refractivity contribution >= 4 is 34.2 Å². The number of aryl methyl sites for hydroxylation is 2. The summed E-state index contributed by atoms with van der Waals surface area (Å²) in [4.78, 5) is 40.0. The first-order valence-corrected chi connectivity index (χ1v) is 11.8. The first-order chi connectivity index (χ1) is 15.9. The third kappa shape index (κ3) is 4.16. The monoisotopic (exact) mass is 453 g/mol. The Morgan fingerprint density at radius 1 is 1.03 bits per heavy atom. The predicted molar refractivity (Wildman–Crippen MR) is 125 cm³/mol. The summed E-state index contributed by atoms with van der Waals surface area (Å²) < 4.78 is 16.8. The molecular formula is C26H31NO6. The van der Waals surface area contributed by atoms with Crippen molar-refractivity contribution in [3.8, 4) is 0 Å². The quantitative estimate of drug-likeness (QED) is 0.671. The first-order valence-electron chi connectivity index (χ1n) is 11.8. The Labute approximate surface area is 192 Å². The normalized spacial score (nSPS) is 18.4. The molecule has 2 aromatic rings. The van der Waals surface area contributed by atoms with Gasteiger partial charge in [0.25, 0.3) is 0 Å². The third-order valence-electron chi connectivity index (χ3n) is 6.58. The Kier molecular flexibility index (Phi) is 6.58. The molecule has 33 heavy (non-hydrogen) atoms. The number of rotatable bonds is 6. The van der Waals surface area contributed by atoms with Crippen molar-refractivity contribution in [2.45, 2.75) is 65.8 Å². The summed E-state index contributed by atoms with van der Waals surface area (Å²) in [6.45, 7) is 7.56. The summed E-state index contributed by atoms with van der Waals surface area (Å²) >= 11 is 0. The lowest BCUT2D eigenvalue weighted by atomic mass is 9.93. The average molecular weight is 454 g/mol. The number of ether oxygens (including phenoxy) is 2. The zero-order chi connectivity index (χ0) is 23.7. The van der Waals surface area contributed by atoms with E-state index in [-0.39, 0.29) is 40.9 Å². The molecule has 1 atom stereocenters. The molecule has 2 aliphatic rings. The highest BCUT2D eigenvalue weighted by Crippen LogP contribution is 2.28. The maximum absolute atomic E-state index is 13.7. The van der Waals surface area contributed by atoms with Crippen molar-refractivity contribution in [1.82, 2.24) is 5.32 Å². The van der Waals surface area contributed by atoms with Gasteiger partial charge in [-0.2, -0.15) is 0 Å². The molecule has 0 saturated heterocycles. The molecule has 7 nitrogen and oxygen atoms in total. The maximum atomic E-state index is 13.7. The van der Waals surface area contributed by atoms with Crippen LogP contribution in [0.3, 0.4) is 0 Å². The van der Waals surface area contributed by atoms with Crippen molar-refractivity contribution < 1.29 is 23.5 Å². The number of carbonyl (C=O) groups excluding carboxylic acids is 2. The van der Waals surface area contributed by atoms with Crippen LogP contribution in [0.4, 0.5) is 0 Å². The number of carbonyl (C=O) groups is 2. The number of hydrogen-bond donors (Lipinski definition) is 1. The molecule has 1 aromatic heterocycles. The lowest BCUT2D eigenvalue weighted by Gasteiger charge is -2.27. The zero-order valence-corrected chi connectivity index (χ0v) is 19.7. The Bertz CT molecular complexity index is 1280. The van der Waals surface area contributed by atoms with Crippen molar-refractivity contribution in [1.29, 1.82) is 0 Å². The van der Waals surface area contributed by atoms with Gasteiger partial charge in [-0.05, 0) is 63.8 Å². The molecule has 0 radical (unpaired) electrons. The Morgan fingerprint density at radius 2 is 1.70 bits per heavy atom. The van der Waals surface area contributed by atoms with Crippen LogP contribution in [0, 0.1) is 19.8 Å². The first kappa shape index (κ1) is 23.1. The standard InChI is InChI=1S/C26H31NO6/c1-5-31-25(29)19-20(26(30)32-6-2)24-21(22(19)27-16-10-8-7-9-11-16)23(28)17-12-14(3)15(4)13-18(17)33-24/h12-13,16,19,27H,5-11H2,1-4H3. The molecule has 1 N–H and O–H groups in total. The molecule has 1 aromatic carbocycles. The second kappa shape index (κ2) is 9.41. The Hall–Kier alpha value is -3.09. The van der Waals surface area contributed by atoms with E-state index in [1.165, 1.54) is 0 Å². The van der Waals surface area contributed by atoms with Crippen LogP contribution in [0.15, 0.2) is 21.3 Å². The predicted octanol–water partition coefficient (Wildman–Crippen LogP) is 2.35. The van der Waals surface area contributed by atoms with Crippen molar-refractivity contribution in [3.63, 3.8) is 0 Å². The molecule has 7 heteroatoms. The molecule has 1 fully saturated rings. The molecule has 2 aliphatic carbocycles. The number of benzene rings is 1. The summed E-state index contributed by atoms with van der Waals surface area (Å²) in [7, 11) is 0. The SMILES string of the molecule is CCOC(=O)C1=c2oc3cc(C)c(C)cc3c(=O)c2=C(NC2CCCCC2)C1C(=O)OCC. The highest BCUT2D eigenvalue weighted by atomic mass is 16.5. The molecule has 0 aliphatic heterocycles. The molecule has 0 amide bonds. The van der Waals surface area contributed by atoms with E-state index < -0.39 is 17.9 Å². The van der Waals surface area contributed by atoms with Gasteiger partial charge in [-0.3, -0.25) is 9.59 Å². The number of esters is 2. The minimum atomic E-state index is -1.09. The minimum absolute atomic E-state index is 0.0286. The topological polar surface area (TPSA) is 94.8 Å². The zero-order valence-electron chi connectivity index (χ0n) is 19.7. The van der Waals surface area contributed by atoms with Crippen LogP contribution in [0.2, 0.25) is 0 Å². The molecule has 0 spiro atoms. The smallest absolute Gasteiger partial charge is 0.339 e. The van der Waals surface area contributed by atoms with Crippen molar-refractivity contribution in [2.24, 2.45) is 5.92 Å². The minimum Gasteiger partial charge on any atom is -0.465 e. The Morgan fingerprint density at radius 3 is 2.36 bits per heavy atom. The summed E-state index contributed by atoms with van der Waals surface area (Å²) in [5.41, 5.74) is 2.57. The van der Waals surface area contributed by atoms with E-state index >= 15 is 0 Å². The molecule has 1 heterocycles. The van der Waals surface area contributed by atoms with Gasteiger partial charge in [0, 0.05) is 11.7 Å². The summed E-state index contributed by atoms with van der Waals surface area (Å²) in [6, 6.07) is 3.70. The van der Waals surface area contributed by atoms with Gasteiger partial charge >= 0.3 is 11.9 Å². The molecule has 1 unspecified atom stereocenters. The average Bonchev–Trinajstić information content (AvgIpc) is 3.10. The van der Waals surface area contributed by atoms with Crippen LogP contribution in [0.25, 0.3) is 22.2 Å². The van der Waals surface area contributed by atoms with E-state index in [0.717, 1.165) is 43.2 Å². The van der Waals surface area contributed by atoms with E-state index in [1.807, 2.05) is 13.8 Å². The largest absolute Gasteiger partial charge is 0.465 e. The van der Waals surface area contributed by atoms with Crippen molar-refractivity contribution in [3.05, 3.63) is 44.1 Å². The summed E-state index contributed by atoms with van der Waals surface area (Å²) in [6.07, 6.45) is 5.17. The summed E-state index contributed by atoms with van der Waals surface area (Å²) in [5.74, 6) is -2.36. The number of fused-ring (bicyclic) bond motifs is 2. The molecule has 1 saturated carbocycles. The van der Waals surface area contributed by atoms with Crippen LogP contribution in [-0.4, -0.2) is 31.2 Å². The lowest BCUT2D eigenvalue weighted by Crippen LogP contribution is -2.44. The lowest BCUT2D eigenvalue weighted by molar-refractivity contribution is -0.146. The molecule has 0 bridgehead atoms. The van der Waals surface area contributed by atoms with E-state index in [2.05, 4.69) is 5.32 Å². The second-order valence-corrected chi connectivity index (χ2v) is 8.78. The molecule has 4 rings (SSSR count). The van der Waals surface area contributed by atoms with Crippen LogP contribution in [0.1, 0.15) is 57.1 Å². The number of nitrogens with one attached hydrogen (secondary N) is 1. The fourth-order valence-corrected chi connectivity index (χ4v) is 4.81. The molecular weight excluding hydrogens is 422 g/mol. The van der Waals surface area contributed by atoms with Gasteiger partial charge in [-0.15, -0.1) is 0 Å². The van der Waals surface area contributed by atoms with Crippen LogP contribution < -0.4 is 21.4 Å². The van der Waals surface area contributed by atoms with Gasteiger partial charge in [0.1, 0.15) is 17.1 Å². The fraction of sp³-hybridized carbons (Fsp3) is 0.500. The van der Waals surface area contributed by atoms with Crippen LogP contribution in [-0.2, 0) is 19.1 Å². The van der Waals surface area contributed by atoms with E-state index in [0.29, 0.717) is 16.7 Å². The highest BCUT2D eigenvalue weighted by Gasteiger charge is 2.41. The van der Waals surface area contributed by atoms with E-state index in [4.69, 9.17) is 13.9 Å². The second-order valence-electron chi connectivity index (χ2n) is 8.78. The number of hydrogen-bond acceptors (Lipinski definition) is 7. The van der Waals surface area contributed by atoms with Gasteiger partial charge in [0.05, 0.1) is 23.8 Å². The van der Waals surface area contributed by atoms with Crippen LogP contribution in [0.5, 0.6) is 0 Å². The van der Waals surface area contributed by atoms with Gasteiger partial charge in [-0.1, -0.05) is 19.3 Å². The van der Waals surface area contributed by atoms with Gasteiger partial charge in [0.2, 0.25) is 5.43 Å². The third-order valence-corrected chi connectivity index (χ3v) is 6.58. The maximum Gasteiger partial charge on any atom is 0.339 e. The van der Waals surface area contributed by atoms with E-state index in [9.17, 15) is 14.4 Å². The van der Waals surface area contributed by atoms with E-state index in [1.54, 1.807) is 26.0 Å². The summed E-state index contributed by atoms with van der Waals surface area (Å²) in [5, 5.41) is 4.11. The fourth-order valence-electron chi connectivity index (χ4n) is 4.81. The highest BCUT2D eigenvalue weighted by molar-refractivity contribution is 6.19.